The van der Waals surface area contributed by atoms with E-state index in [0.29, 0.717) is 6.54 Å². The second-order valence-corrected chi connectivity index (χ2v) is 6.95. The van der Waals surface area contributed by atoms with Crippen LogP contribution in [0.3, 0.4) is 0 Å². The zero-order chi connectivity index (χ0) is 15.3. The Morgan fingerprint density at radius 1 is 1.45 bits per heavy atom. The molecule has 0 spiro atoms. The van der Waals surface area contributed by atoms with Crippen molar-refractivity contribution < 1.29 is 13.2 Å². The van der Waals surface area contributed by atoms with Crippen molar-refractivity contribution in [3.8, 4) is 0 Å². The summed E-state index contributed by atoms with van der Waals surface area (Å²) < 4.78 is 26.6. The quantitative estimate of drug-likeness (QED) is 0.647. The van der Waals surface area contributed by atoms with E-state index in [2.05, 4.69) is 26.0 Å². The third kappa shape index (κ3) is 4.62. The van der Waals surface area contributed by atoms with Gasteiger partial charge in [-0.15, -0.1) is 0 Å². The third-order valence-electron chi connectivity index (χ3n) is 2.32. The van der Waals surface area contributed by atoms with Crippen LogP contribution in [0.4, 0.5) is 5.69 Å². The van der Waals surface area contributed by atoms with Crippen LogP contribution in [-0.2, 0) is 14.8 Å². The molecule has 0 bridgehead atoms. The predicted molar refractivity (Wildman–Crippen MR) is 82.1 cm³/mol. The Labute approximate surface area is 131 Å². The molecule has 1 amide bonds. The Hall–Kier alpha value is -0.830. The van der Waals surface area contributed by atoms with Gasteiger partial charge in [0.15, 0.2) is 0 Å². The summed E-state index contributed by atoms with van der Waals surface area (Å²) in [5.74, 6) is -0.401. The lowest BCUT2D eigenvalue weighted by atomic mass is 10.3. The molecule has 0 atom stereocenters. The van der Waals surface area contributed by atoms with E-state index < -0.39 is 15.9 Å². The average molecular weight is 385 g/mol. The Kier molecular flexibility index (Phi) is 6.25. The number of sulfonamides is 1. The van der Waals surface area contributed by atoms with E-state index in [1.54, 1.807) is 0 Å². The fraction of sp³-hybridized carbons (Fsp3) is 0.364. The minimum atomic E-state index is -3.88. The number of benzene rings is 1. The molecule has 9 heteroatoms. The second kappa shape index (κ2) is 7.26. The number of nitrogens with two attached hydrogens (primary N) is 1. The van der Waals surface area contributed by atoms with Gasteiger partial charge in [-0.1, -0.05) is 18.5 Å². The highest BCUT2D eigenvalue weighted by Crippen LogP contribution is 2.31. The van der Waals surface area contributed by atoms with Crippen molar-refractivity contribution in [3.63, 3.8) is 0 Å². The van der Waals surface area contributed by atoms with Crippen molar-refractivity contribution in [2.45, 2.75) is 18.2 Å². The van der Waals surface area contributed by atoms with Crippen molar-refractivity contribution >= 4 is 49.1 Å². The first-order valence-electron chi connectivity index (χ1n) is 5.78. The molecule has 0 fully saturated rings. The summed E-state index contributed by atoms with van der Waals surface area (Å²) in [5.41, 5.74) is 5.84. The van der Waals surface area contributed by atoms with Crippen molar-refractivity contribution in [2.24, 2.45) is 0 Å². The van der Waals surface area contributed by atoms with Gasteiger partial charge in [-0.25, -0.2) is 13.1 Å². The molecule has 112 valence electrons. The molecular weight excluding hydrogens is 370 g/mol. The second-order valence-electron chi connectivity index (χ2n) is 3.98. The summed E-state index contributed by atoms with van der Waals surface area (Å²) in [6, 6.07) is 2.69. The fourth-order valence-corrected chi connectivity index (χ4v) is 3.62. The van der Waals surface area contributed by atoms with Crippen LogP contribution in [-0.4, -0.2) is 27.4 Å². The van der Waals surface area contributed by atoms with Crippen molar-refractivity contribution in [1.29, 1.82) is 0 Å². The van der Waals surface area contributed by atoms with E-state index in [-0.39, 0.29) is 26.6 Å². The highest BCUT2D eigenvalue weighted by molar-refractivity contribution is 9.10. The summed E-state index contributed by atoms with van der Waals surface area (Å²) in [6.07, 6.45) is 0.773. The first-order valence-corrected chi connectivity index (χ1v) is 8.44. The molecule has 1 aromatic rings. The maximum absolute atomic E-state index is 12.1. The molecule has 20 heavy (non-hydrogen) atoms. The number of nitrogens with one attached hydrogen (secondary N) is 2. The van der Waals surface area contributed by atoms with Crippen LogP contribution in [0.5, 0.6) is 0 Å². The van der Waals surface area contributed by atoms with Crippen LogP contribution < -0.4 is 15.8 Å². The zero-order valence-corrected chi connectivity index (χ0v) is 13.9. The maximum atomic E-state index is 12.1. The van der Waals surface area contributed by atoms with Gasteiger partial charge < -0.3 is 11.1 Å². The van der Waals surface area contributed by atoms with Gasteiger partial charge in [0.05, 0.1) is 15.9 Å². The summed E-state index contributed by atoms with van der Waals surface area (Å²) in [4.78, 5) is 11.3. The number of carbonyl (C=O) groups is 1. The molecule has 0 unspecified atom stereocenters. The fourth-order valence-electron chi connectivity index (χ4n) is 1.35. The highest BCUT2D eigenvalue weighted by atomic mass is 79.9. The zero-order valence-electron chi connectivity index (χ0n) is 10.7. The van der Waals surface area contributed by atoms with Crippen LogP contribution >= 0.6 is 27.5 Å². The van der Waals surface area contributed by atoms with Gasteiger partial charge in [-0.2, -0.15) is 0 Å². The van der Waals surface area contributed by atoms with E-state index in [0.717, 1.165) is 6.42 Å². The number of carbonyl (C=O) groups excluding carboxylic acids is 1. The molecule has 1 aromatic carbocycles. The lowest BCUT2D eigenvalue weighted by molar-refractivity contribution is -0.119. The molecule has 0 heterocycles. The molecule has 0 saturated heterocycles. The SMILES string of the molecule is CCCNC(=O)CNS(=O)(=O)c1cc(Cl)cc(N)c1Br. The van der Waals surface area contributed by atoms with E-state index in [1.165, 1.54) is 12.1 Å². The van der Waals surface area contributed by atoms with Gasteiger partial charge in [-0.05, 0) is 34.5 Å². The number of amides is 1. The maximum Gasteiger partial charge on any atom is 0.242 e. The smallest absolute Gasteiger partial charge is 0.242 e. The van der Waals surface area contributed by atoms with Crippen LogP contribution in [0.15, 0.2) is 21.5 Å². The first kappa shape index (κ1) is 17.2. The standard InChI is InChI=1S/C11H15BrClN3O3S/c1-2-3-15-10(17)6-16-20(18,19)9-5-7(13)4-8(14)11(9)12/h4-5,16H,2-3,6,14H2,1H3,(H,15,17). The molecular formula is C11H15BrClN3O3S. The van der Waals surface area contributed by atoms with Crippen molar-refractivity contribution in [2.75, 3.05) is 18.8 Å². The Morgan fingerprint density at radius 3 is 2.70 bits per heavy atom. The Morgan fingerprint density at radius 2 is 2.10 bits per heavy atom. The normalized spacial score (nSPS) is 11.3. The van der Waals surface area contributed by atoms with E-state index in [4.69, 9.17) is 17.3 Å². The summed E-state index contributed by atoms with van der Waals surface area (Å²) >= 11 is 8.88. The summed E-state index contributed by atoms with van der Waals surface area (Å²) in [7, 11) is -3.88. The number of anilines is 1. The average Bonchev–Trinajstić information content (AvgIpc) is 2.38. The molecule has 4 N–H and O–H groups in total. The van der Waals surface area contributed by atoms with Gasteiger partial charge in [0.2, 0.25) is 15.9 Å². The predicted octanol–water partition coefficient (Wildman–Crippen LogP) is 1.49. The van der Waals surface area contributed by atoms with E-state index >= 15 is 0 Å². The third-order valence-corrected chi connectivity index (χ3v) is 5.11. The number of halogens is 2. The highest BCUT2D eigenvalue weighted by Gasteiger charge is 2.20. The summed E-state index contributed by atoms with van der Waals surface area (Å²) in [6.45, 7) is 2.05. The molecule has 0 saturated carbocycles. The number of rotatable bonds is 6. The largest absolute Gasteiger partial charge is 0.398 e. The molecule has 0 aliphatic carbocycles. The van der Waals surface area contributed by atoms with Crippen LogP contribution in [0.1, 0.15) is 13.3 Å². The Balaban J connectivity index is 2.87. The number of nitrogen functional groups attached to an aromatic ring is 1. The molecule has 0 aliphatic rings. The monoisotopic (exact) mass is 383 g/mol. The topological polar surface area (TPSA) is 101 Å². The van der Waals surface area contributed by atoms with Gasteiger partial charge >= 0.3 is 0 Å². The van der Waals surface area contributed by atoms with Crippen LogP contribution in [0.25, 0.3) is 0 Å². The van der Waals surface area contributed by atoms with Gasteiger partial charge in [0.1, 0.15) is 0 Å². The van der Waals surface area contributed by atoms with Gasteiger partial charge in [-0.3, -0.25) is 4.79 Å². The molecule has 0 radical (unpaired) electrons. The van der Waals surface area contributed by atoms with E-state index in [9.17, 15) is 13.2 Å². The van der Waals surface area contributed by atoms with E-state index in [1.807, 2.05) is 6.92 Å². The van der Waals surface area contributed by atoms with Crippen molar-refractivity contribution in [3.05, 3.63) is 21.6 Å². The lowest BCUT2D eigenvalue weighted by Crippen LogP contribution is -2.37. The molecule has 0 aliphatic heterocycles. The molecule has 1 rings (SSSR count). The van der Waals surface area contributed by atoms with Crippen molar-refractivity contribution in [1.82, 2.24) is 10.0 Å². The minimum Gasteiger partial charge on any atom is -0.398 e. The van der Waals surface area contributed by atoms with Gasteiger partial charge in [0.25, 0.3) is 0 Å². The van der Waals surface area contributed by atoms with Crippen LogP contribution in [0.2, 0.25) is 5.02 Å². The minimum absolute atomic E-state index is 0.106. The Bertz CT molecular complexity index is 607. The van der Waals surface area contributed by atoms with Crippen LogP contribution in [0, 0.1) is 0 Å². The molecule has 0 aromatic heterocycles. The number of hydrogen-bond acceptors (Lipinski definition) is 4. The summed E-state index contributed by atoms with van der Waals surface area (Å²) in [5, 5.41) is 2.76. The number of hydrogen-bond donors (Lipinski definition) is 3. The van der Waals surface area contributed by atoms with Gasteiger partial charge in [0, 0.05) is 17.3 Å². The first-order chi connectivity index (χ1) is 9.27. The lowest BCUT2D eigenvalue weighted by Gasteiger charge is -2.10. The molecule has 6 nitrogen and oxygen atoms in total.